The summed E-state index contributed by atoms with van der Waals surface area (Å²) in [4.78, 5) is 0.197. The number of aryl methyl sites for hydroxylation is 1. The van der Waals surface area contributed by atoms with Crippen molar-refractivity contribution in [2.45, 2.75) is 164 Å². The Labute approximate surface area is 315 Å². The molecule has 0 radical (unpaired) electrons. The van der Waals surface area contributed by atoms with Crippen LogP contribution in [0.2, 0.25) is 0 Å². The molecule has 0 saturated heterocycles. The minimum atomic E-state index is -3.72. The normalized spacial score (nSPS) is 14.4. The lowest BCUT2D eigenvalue weighted by atomic mass is 10.0. The molecule has 0 fully saturated rings. The van der Waals surface area contributed by atoms with Crippen LogP contribution in [-0.4, -0.2) is 15.0 Å². The molecule has 1 aromatic rings. The number of hydrogen-bond donors (Lipinski definition) is 0. The summed E-state index contributed by atoms with van der Waals surface area (Å²) in [6.45, 7) is 21.9. The number of hydrogen-bond acceptors (Lipinski definition) is 3. The maximum Gasteiger partial charge on any atom is 0.297 e. The van der Waals surface area contributed by atoms with Crippen molar-refractivity contribution in [3.8, 4) is 0 Å². The fourth-order valence-corrected chi connectivity index (χ4v) is 6.47. The average molecular weight is 717 g/mol. The first-order valence-electron chi connectivity index (χ1n) is 19.4. The molecule has 0 N–H and O–H groups in total. The highest BCUT2D eigenvalue weighted by Crippen LogP contribution is 2.18. The van der Waals surface area contributed by atoms with E-state index in [0.29, 0.717) is 0 Å². The Balaban J connectivity index is 2.26. The highest BCUT2D eigenvalue weighted by atomic mass is 32.2. The van der Waals surface area contributed by atoms with Gasteiger partial charge in [-0.3, -0.25) is 4.18 Å². The first-order valence-corrected chi connectivity index (χ1v) is 20.8. The molecular formula is C47H72O3S. The Hall–Kier alpha value is -2.95. The Bertz CT molecular complexity index is 1520. The van der Waals surface area contributed by atoms with Crippen molar-refractivity contribution < 1.29 is 12.6 Å². The summed E-state index contributed by atoms with van der Waals surface area (Å²) in [6.07, 6.45) is 34.1. The molecule has 1 rings (SSSR count). The molecule has 0 aliphatic heterocycles. The van der Waals surface area contributed by atoms with Crippen molar-refractivity contribution in [1.29, 1.82) is 0 Å². The third kappa shape index (κ3) is 24.8. The van der Waals surface area contributed by atoms with Crippen LogP contribution in [0.1, 0.15) is 158 Å². The Morgan fingerprint density at radius 3 is 1.02 bits per heavy atom. The largest absolute Gasteiger partial charge is 0.297 e. The summed E-state index contributed by atoms with van der Waals surface area (Å²) in [6, 6.07) is 6.73. The lowest BCUT2D eigenvalue weighted by Crippen LogP contribution is -2.06. The Kier molecular flexibility index (Phi) is 24.2. The van der Waals surface area contributed by atoms with Crippen molar-refractivity contribution in [1.82, 2.24) is 0 Å². The summed E-state index contributed by atoms with van der Waals surface area (Å²) in [5.74, 6) is 0. The van der Waals surface area contributed by atoms with E-state index in [2.05, 4.69) is 97.9 Å². The maximum absolute atomic E-state index is 12.3. The van der Waals surface area contributed by atoms with E-state index in [4.69, 9.17) is 4.18 Å². The standard InChI is InChI=1S/C47H72O3S/c1-38(2)18-11-19-39(3)20-12-21-40(4)22-13-23-41(5)24-14-25-42(6)26-15-27-43(7)28-16-29-44(8)30-17-31-45(9)36-37-50-51(48,49)47-34-32-46(10)33-35-47/h18,20,22,24,26,28,30,32-36H,11-17,19,21,23,25,27,29,31,37H2,1-10H3/b39-20?,40-22?,41-24?,42-26?,43-28?,44-30+,45-36+. The molecule has 0 saturated carbocycles. The maximum atomic E-state index is 12.3. The minimum absolute atomic E-state index is 0.0642. The van der Waals surface area contributed by atoms with Crippen molar-refractivity contribution in [3.05, 3.63) is 123 Å². The van der Waals surface area contributed by atoms with Gasteiger partial charge in [-0.25, -0.2) is 0 Å². The lowest BCUT2D eigenvalue weighted by molar-refractivity contribution is 0.356. The van der Waals surface area contributed by atoms with Crippen LogP contribution in [0.5, 0.6) is 0 Å². The molecule has 51 heavy (non-hydrogen) atoms. The molecule has 0 atom stereocenters. The van der Waals surface area contributed by atoms with E-state index in [-0.39, 0.29) is 11.5 Å². The van der Waals surface area contributed by atoms with E-state index in [9.17, 15) is 8.42 Å². The van der Waals surface area contributed by atoms with E-state index in [1.807, 2.05) is 19.9 Å². The highest BCUT2D eigenvalue weighted by Gasteiger charge is 2.13. The van der Waals surface area contributed by atoms with Gasteiger partial charge >= 0.3 is 0 Å². The van der Waals surface area contributed by atoms with Gasteiger partial charge in [-0.05, 0) is 171 Å². The molecular weight excluding hydrogens is 645 g/mol. The Morgan fingerprint density at radius 2 is 0.725 bits per heavy atom. The van der Waals surface area contributed by atoms with E-state index < -0.39 is 10.1 Å². The van der Waals surface area contributed by atoms with Crippen molar-refractivity contribution in [3.63, 3.8) is 0 Å². The fraction of sp³-hybridized carbons (Fsp3) is 0.532. The summed E-state index contributed by atoms with van der Waals surface area (Å²) in [5.41, 5.74) is 12.5. The smallest absolute Gasteiger partial charge is 0.262 e. The molecule has 0 aliphatic rings. The average Bonchev–Trinajstić information content (AvgIpc) is 3.04. The van der Waals surface area contributed by atoms with Gasteiger partial charge in [0, 0.05) is 0 Å². The van der Waals surface area contributed by atoms with Gasteiger partial charge in [0.05, 0.1) is 11.5 Å². The van der Waals surface area contributed by atoms with Crippen molar-refractivity contribution in [2.75, 3.05) is 6.61 Å². The fourth-order valence-electron chi connectivity index (χ4n) is 5.62. The molecule has 1 aromatic carbocycles. The van der Waals surface area contributed by atoms with Gasteiger partial charge in [-0.1, -0.05) is 111 Å². The van der Waals surface area contributed by atoms with Crippen LogP contribution in [0, 0.1) is 6.92 Å². The molecule has 4 heteroatoms. The second-order valence-corrected chi connectivity index (χ2v) is 16.6. The van der Waals surface area contributed by atoms with Crippen LogP contribution in [0.15, 0.2) is 122 Å². The molecule has 3 nitrogen and oxygen atoms in total. The van der Waals surface area contributed by atoms with Crippen LogP contribution < -0.4 is 0 Å². The van der Waals surface area contributed by atoms with Crippen LogP contribution >= 0.6 is 0 Å². The molecule has 284 valence electrons. The van der Waals surface area contributed by atoms with Gasteiger partial charge in [-0.15, -0.1) is 0 Å². The zero-order valence-corrected chi connectivity index (χ0v) is 35.0. The SMILES string of the molecule is CC(C)=CCCC(C)=CCCC(C)=CCCC(C)=CCCC(C)=CCCC(C)=CCC/C(C)=C/CC/C(C)=C/COS(=O)(=O)c1ccc(C)cc1. The monoisotopic (exact) mass is 717 g/mol. The first kappa shape index (κ1) is 46.1. The first-order chi connectivity index (χ1) is 24.2. The molecule has 0 spiro atoms. The van der Waals surface area contributed by atoms with Crippen LogP contribution in [-0.2, 0) is 14.3 Å². The van der Waals surface area contributed by atoms with Crippen LogP contribution in [0.25, 0.3) is 0 Å². The predicted octanol–water partition coefficient (Wildman–Crippen LogP) is 14.8. The highest BCUT2D eigenvalue weighted by molar-refractivity contribution is 7.86. The van der Waals surface area contributed by atoms with Crippen LogP contribution in [0.3, 0.4) is 0 Å². The van der Waals surface area contributed by atoms with Crippen LogP contribution in [0.4, 0.5) is 0 Å². The summed E-state index contributed by atoms with van der Waals surface area (Å²) < 4.78 is 29.9. The van der Waals surface area contributed by atoms with Gasteiger partial charge in [-0.2, -0.15) is 8.42 Å². The van der Waals surface area contributed by atoms with Gasteiger partial charge in [0.25, 0.3) is 10.1 Å². The molecule has 0 heterocycles. The van der Waals surface area contributed by atoms with Crippen molar-refractivity contribution >= 4 is 10.1 Å². The Morgan fingerprint density at radius 1 is 0.451 bits per heavy atom. The number of allylic oxidation sites excluding steroid dienone is 15. The quantitative estimate of drug-likeness (QED) is 0.0747. The molecule has 0 aromatic heterocycles. The van der Waals surface area contributed by atoms with E-state index in [1.165, 1.54) is 51.9 Å². The van der Waals surface area contributed by atoms with E-state index >= 15 is 0 Å². The van der Waals surface area contributed by atoms with E-state index in [1.54, 1.807) is 24.3 Å². The van der Waals surface area contributed by atoms with Gasteiger partial charge in [0.1, 0.15) is 0 Å². The molecule has 0 amide bonds. The second kappa shape index (κ2) is 26.8. The minimum Gasteiger partial charge on any atom is -0.262 e. The molecule has 0 unspecified atom stereocenters. The second-order valence-electron chi connectivity index (χ2n) is 15.0. The lowest BCUT2D eigenvalue weighted by Gasteiger charge is -2.05. The predicted molar refractivity (Wildman–Crippen MR) is 225 cm³/mol. The van der Waals surface area contributed by atoms with Crippen molar-refractivity contribution in [2.24, 2.45) is 0 Å². The van der Waals surface area contributed by atoms with E-state index in [0.717, 1.165) is 88.2 Å². The molecule has 0 aliphatic carbocycles. The van der Waals surface area contributed by atoms with Gasteiger partial charge in [0.15, 0.2) is 0 Å². The summed E-state index contributed by atoms with van der Waals surface area (Å²) >= 11 is 0. The van der Waals surface area contributed by atoms with Gasteiger partial charge in [0.2, 0.25) is 0 Å². The molecule has 0 bridgehead atoms. The third-order valence-electron chi connectivity index (χ3n) is 9.24. The summed E-state index contributed by atoms with van der Waals surface area (Å²) in [5, 5.41) is 0. The zero-order valence-electron chi connectivity index (χ0n) is 34.2. The number of benzene rings is 1. The zero-order chi connectivity index (χ0) is 38.1. The summed E-state index contributed by atoms with van der Waals surface area (Å²) in [7, 11) is -3.72. The van der Waals surface area contributed by atoms with Gasteiger partial charge < -0.3 is 0 Å². The number of rotatable bonds is 25. The third-order valence-corrected chi connectivity index (χ3v) is 10.5. The topological polar surface area (TPSA) is 43.4 Å².